The van der Waals surface area contributed by atoms with Crippen molar-refractivity contribution >= 4 is 27.9 Å². The van der Waals surface area contributed by atoms with E-state index in [-0.39, 0.29) is 11.3 Å². The van der Waals surface area contributed by atoms with E-state index in [4.69, 9.17) is 32.5 Å². The molecule has 0 atom stereocenters. The second-order valence-corrected chi connectivity index (χ2v) is 9.48. The highest BCUT2D eigenvalue weighted by atomic mass is 16.5. The predicted molar refractivity (Wildman–Crippen MR) is 161 cm³/mol. The van der Waals surface area contributed by atoms with E-state index in [1.54, 1.807) is 25.3 Å². The van der Waals surface area contributed by atoms with Gasteiger partial charge in [0.1, 0.15) is 17.1 Å². The van der Waals surface area contributed by atoms with Gasteiger partial charge >= 0.3 is 11.6 Å². The van der Waals surface area contributed by atoms with Crippen molar-refractivity contribution < 1.29 is 37.3 Å². The van der Waals surface area contributed by atoms with E-state index >= 15 is 0 Å². The maximum absolute atomic E-state index is 13.6. The molecule has 6 rings (SSSR count). The van der Waals surface area contributed by atoms with Crippen LogP contribution in [0.4, 0.5) is 0 Å². The fraction of sp³-hybridized carbons (Fsp3) is 0.118. The van der Waals surface area contributed by atoms with Gasteiger partial charge in [-0.3, -0.25) is 0 Å². The molecule has 0 radical (unpaired) electrons. The average molecular weight is 579 g/mol. The van der Waals surface area contributed by atoms with Crippen LogP contribution in [0.5, 0.6) is 28.7 Å². The first kappa shape index (κ1) is 27.5. The third-order valence-electron chi connectivity index (χ3n) is 7.03. The molecule has 9 heteroatoms. The Morgan fingerprint density at radius 1 is 0.651 bits per heavy atom. The molecule has 0 aliphatic heterocycles. The van der Waals surface area contributed by atoms with Gasteiger partial charge in [-0.05, 0) is 42.0 Å². The molecule has 4 aromatic carbocycles. The number of benzene rings is 4. The fourth-order valence-corrected chi connectivity index (χ4v) is 5.01. The van der Waals surface area contributed by atoms with Gasteiger partial charge in [-0.2, -0.15) is 0 Å². The van der Waals surface area contributed by atoms with Gasteiger partial charge in [-0.15, -0.1) is 0 Å². The van der Waals surface area contributed by atoms with E-state index in [1.165, 1.54) is 39.5 Å². The number of carbonyl (C=O) groups excluding carboxylic acids is 1. The van der Waals surface area contributed by atoms with Gasteiger partial charge in [-0.25, -0.2) is 9.59 Å². The summed E-state index contributed by atoms with van der Waals surface area (Å²) < 4.78 is 39.5. The topological polar surface area (TPSA) is 107 Å². The first-order valence-electron chi connectivity index (χ1n) is 13.2. The van der Waals surface area contributed by atoms with Crippen LogP contribution in [0.1, 0.15) is 10.4 Å². The van der Waals surface area contributed by atoms with Crippen LogP contribution in [0, 0.1) is 0 Å². The smallest absolute Gasteiger partial charge is 0.343 e. The summed E-state index contributed by atoms with van der Waals surface area (Å²) in [6.07, 6.45) is 0. The number of ether oxygens (including phenoxy) is 5. The van der Waals surface area contributed by atoms with Crippen molar-refractivity contribution in [1.82, 2.24) is 0 Å². The summed E-state index contributed by atoms with van der Waals surface area (Å²) in [4.78, 5) is 26.3. The van der Waals surface area contributed by atoms with Crippen LogP contribution >= 0.6 is 0 Å². The summed E-state index contributed by atoms with van der Waals surface area (Å²) in [5, 5.41) is 1.30. The lowest BCUT2D eigenvalue weighted by Gasteiger charge is -2.15. The summed E-state index contributed by atoms with van der Waals surface area (Å²) in [6, 6.07) is 24.4. The summed E-state index contributed by atoms with van der Waals surface area (Å²) in [6.45, 7) is 0. The van der Waals surface area contributed by atoms with E-state index in [9.17, 15) is 9.59 Å². The number of rotatable bonds is 8. The summed E-state index contributed by atoms with van der Waals surface area (Å²) in [5.74, 6) is 1.51. The zero-order chi connectivity index (χ0) is 30.1. The molecule has 0 saturated carbocycles. The molecule has 0 spiro atoms. The summed E-state index contributed by atoms with van der Waals surface area (Å²) in [7, 11) is 5.97. The van der Waals surface area contributed by atoms with Crippen LogP contribution in [0.3, 0.4) is 0 Å². The number of para-hydroxylation sites is 1. The molecule has 0 aliphatic rings. The van der Waals surface area contributed by atoms with Crippen molar-refractivity contribution in [3.8, 4) is 51.2 Å². The zero-order valence-electron chi connectivity index (χ0n) is 23.8. The van der Waals surface area contributed by atoms with Gasteiger partial charge < -0.3 is 32.5 Å². The number of furan rings is 1. The third kappa shape index (κ3) is 5.01. The van der Waals surface area contributed by atoms with Crippen LogP contribution < -0.4 is 29.3 Å². The second kappa shape index (κ2) is 11.3. The van der Waals surface area contributed by atoms with Crippen molar-refractivity contribution in [2.24, 2.45) is 0 Å². The van der Waals surface area contributed by atoms with Gasteiger partial charge in [0.05, 0.1) is 34.0 Å². The number of hydrogen-bond donors (Lipinski definition) is 0. The van der Waals surface area contributed by atoms with E-state index in [0.717, 1.165) is 10.9 Å². The molecule has 43 heavy (non-hydrogen) atoms. The molecule has 0 unspecified atom stereocenters. The Bertz CT molecular complexity index is 2010. The second-order valence-electron chi connectivity index (χ2n) is 9.48. The number of hydrogen-bond acceptors (Lipinski definition) is 9. The minimum atomic E-state index is -0.664. The number of methoxy groups -OCH3 is 4. The molecule has 216 valence electrons. The normalized spacial score (nSPS) is 11.0. The quantitative estimate of drug-likeness (QED) is 0.106. The van der Waals surface area contributed by atoms with E-state index in [0.29, 0.717) is 56.4 Å². The molecule has 6 aromatic rings. The largest absolute Gasteiger partial charge is 0.493 e. The lowest BCUT2D eigenvalue weighted by Crippen LogP contribution is -2.10. The minimum Gasteiger partial charge on any atom is -0.493 e. The molecular weight excluding hydrogens is 552 g/mol. The van der Waals surface area contributed by atoms with Crippen molar-refractivity contribution in [2.75, 3.05) is 28.4 Å². The molecule has 2 aromatic heterocycles. The highest BCUT2D eigenvalue weighted by Crippen LogP contribution is 2.42. The van der Waals surface area contributed by atoms with Gasteiger partial charge in [0, 0.05) is 28.0 Å². The van der Waals surface area contributed by atoms with E-state index in [1.807, 2.05) is 48.5 Å². The van der Waals surface area contributed by atoms with E-state index in [2.05, 4.69) is 0 Å². The summed E-state index contributed by atoms with van der Waals surface area (Å²) in [5.41, 5.74) is 2.21. The van der Waals surface area contributed by atoms with Crippen LogP contribution in [-0.4, -0.2) is 34.4 Å². The summed E-state index contributed by atoms with van der Waals surface area (Å²) >= 11 is 0. The van der Waals surface area contributed by atoms with Crippen molar-refractivity contribution in [2.45, 2.75) is 0 Å². The molecular formula is C34H26O9. The molecule has 0 amide bonds. The van der Waals surface area contributed by atoms with Gasteiger partial charge in [-0.1, -0.05) is 42.5 Å². The van der Waals surface area contributed by atoms with Crippen LogP contribution in [0.2, 0.25) is 0 Å². The Hall–Kier alpha value is -5.70. The maximum atomic E-state index is 13.6. The fourth-order valence-electron chi connectivity index (χ4n) is 5.01. The monoisotopic (exact) mass is 578 g/mol. The zero-order valence-corrected chi connectivity index (χ0v) is 23.8. The highest BCUT2D eigenvalue weighted by Gasteiger charge is 2.22. The highest BCUT2D eigenvalue weighted by molar-refractivity contribution is 6.00. The Kier molecular flexibility index (Phi) is 7.21. The number of carbonyl (C=O) groups is 1. The van der Waals surface area contributed by atoms with Gasteiger partial charge in [0.2, 0.25) is 5.75 Å². The Labute approximate surface area is 245 Å². The molecule has 0 aliphatic carbocycles. The van der Waals surface area contributed by atoms with Gasteiger partial charge in [0.15, 0.2) is 22.8 Å². The van der Waals surface area contributed by atoms with E-state index < -0.39 is 11.6 Å². The average Bonchev–Trinajstić information content (AvgIpc) is 3.48. The molecule has 9 nitrogen and oxygen atoms in total. The van der Waals surface area contributed by atoms with Crippen LogP contribution in [0.25, 0.3) is 44.4 Å². The Morgan fingerprint density at radius 2 is 1.37 bits per heavy atom. The molecule has 0 saturated heterocycles. The maximum Gasteiger partial charge on any atom is 0.343 e. The van der Waals surface area contributed by atoms with Gasteiger partial charge in [0.25, 0.3) is 0 Å². The lowest BCUT2D eigenvalue weighted by molar-refractivity contribution is 0.0735. The predicted octanol–water partition coefficient (Wildman–Crippen LogP) is 7.13. The Balaban J connectivity index is 1.54. The SMILES string of the molecule is COc1cc(C(=O)Oc2cc3c(-c4cc5cccc(OC)c5o4)cc(=O)oc3cc2-c2ccccc2)cc(OC)c1OC. The van der Waals surface area contributed by atoms with Crippen molar-refractivity contribution in [3.05, 3.63) is 101 Å². The minimum absolute atomic E-state index is 0.179. The molecule has 2 heterocycles. The lowest BCUT2D eigenvalue weighted by atomic mass is 10.00. The molecule has 0 fully saturated rings. The Morgan fingerprint density at radius 3 is 2.05 bits per heavy atom. The molecule has 0 N–H and O–H groups in total. The third-order valence-corrected chi connectivity index (χ3v) is 7.03. The first-order valence-corrected chi connectivity index (χ1v) is 13.2. The number of fused-ring (bicyclic) bond motifs is 2. The van der Waals surface area contributed by atoms with Crippen LogP contribution in [-0.2, 0) is 0 Å². The van der Waals surface area contributed by atoms with Crippen molar-refractivity contribution in [3.63, 3.8) is 0 Å². The number of esters is 1. The van der Waals surface area contributed by atoms with Crippen molar-refractivity contribution in [1.29, 1.82) is 0 Å². The standard InChI is InChI=1S/C34H26O9/c1-37-25-12-8-11-20-13-26(42-32(20)25)24-18-31(35)41-28-16-22(19-9-6-5-7-10-19)27(17-23(24)28)43-34(36)21-14-29(38-2)33(40-4)30(15-21)39-3/h5-18H,1-4H3. The molecule has 0 bridgehead atoms. The first-order chi connectivity index (χ1) is 20.9. The van der Waals surface area contributed by atoms with Crippen LogP contribution in [0.15, 0.2) is 98.6 Å².